The van der Waals surface area contributed by atoms with E-state index in [4.69, 9.17) is 4.52 Å². The zero-order chi connectivity index (χ0) is 22.1. The third-order valence-corrected chi connectivity index (χ3v) is 4.40. The molecule has 1 aromatic heterocycles. The van der Waals surface area contributed by atoms with Gasteiger partial charge in [0.15, 0.2) is 5.82 Å². The lowest BCUT2D eigenvalue weighted by Gasteiger charge is -2.22. The van der Waals surface area contributed by atoms with Gasteiger partial charge >= 0.3 is 12.4 Å². The molecule has 3 rings (SSSR count). The molecule has 0 saturated carbocycles. The highest BCUT2D eigenvalue weighted by molar-refractivity contribution is 6.07. The van der Waals surface area contributed by atoms with Gasteiger partial charge in [-0.05, 0) is 31.5 Å². The number of anilines is 1. The number of carbonyl (C=O) groups is 3. The Bertz CT molecular complexity index is 973. The SMILES string of the molecule is Cc1cc(NC(=O)CCN2C(=O)NC(C)(c3ccc(OC(F)(F)F)cc3)C2=O)no1. The number of rotatable bonds is 6. The number of nitrogens with one attached hydrogen (secondary N) is 2. The first-order valence-corrected chi connectivity index (χ1v) is 8.71. The van der Waals surface area contributed by atoms with Crippen LogP contribution in [0.3, 0.4) is 0 Å². The topological polar surface area (TPSA) is 114 Å². The van der Waals surface area contributed by atoms with Crippen molar-refractivity contribution >= 4 is 23.7 Å². The average molecular weight is 426 g/mol. The Balaban J connectivity index is 1.65. The van der Waals surface area contributed by atoms with E-state index in [1.54, 1.807) is 6.92 Å². The Kier molecular flexibility index (Phi) is 5.42. The Hall–Kier alpha value is -3.57. The van der Waals surface area contributed by atoms with Crippen LogP contribution in [0.2, 0.25) is 0 Å². The Labute approximate surface area is 168 Å². The number of aryl methyl sites for hydroxylation is 1. The summed E-state index contributed by atoms with van der Waals surface area (Å²) in [6, 6.07) is 5.38. The first-order chi connectivity index (χ1) is 14.0. The molecule has 160 valence electrons. The van der Waals surface area contributed by atoms with Gasteiger partial charge in [-0.25, -0.2) is 4.79 Å². The number of hydrogen-bond donors (Lipinski definition) is 2. The maximum atomic E-state index is 12.8. The van der Waals surface area contributed by atoms with Gasteiger partial charge in [-0.1, -0.05) is 17.3 Å². The zero-order valence-electron chi connectivity index (χ0n) is 15.9. The van der Waals surface area contributed by atoms with Crippen LogP contribution >= 0.6 is 0 Å². The van der Waals surface area contributed by atoms with Crippen molar-refractivity contribution in [2.75, 3.05) is 11.9 Å². The quantitative estimate of drug-likeness (QED) is 0.687. The highest BCUT2D eigenvalue weighted by Gasteiger charge is 2.48. The van der Waals surface area contributed by atoms with Gasteiger partial charge < -0.3 is 19.9 Å². The second-order valence-electron chi connectivity index (χ2n) is 6.71. The molecule has 1 atom stereocenters. The minimum Gasteiger partial charge on any atom is -0.406 e. The van der Waals surface area contributed by atoms with E-state index in [1.807, 2.05) is 0 Å². The zero-order valence-corrected chi connectivity index (χ0v) is 15.9. The van der Waals surface area contributed by atoms with Gasteiger partial charge in [0.25, 0.3) is 5.91 Å². The maximum absolute atomic E-state index is 12.8. The molecule has 12 heteroatoms. The van der Waals surface area contributed by atoms with Crippen LogP contribution in [0.25, 0.3) is 0 Å². The number of imide groups is 1. The van der Waals surface area contributed by atoms with Crippen LogP contribution < -0.4 is 15.4 Å². The number of carbonyl (C=O) groups excluding carboxylic acids is 3. The smallest absolute Gasteiger partial charge is 0.406 e. The average Bonchev–Trinajstić information content (AvgIpc) is 3.14. The first kappa shape index (κ1) is 21.1. The largest absolute Gasteiger partial charge is 0.573 e. The minimum absolute atomic E-state index is 0.181. The van der Waals surface area contributed by atoms with E-state index in [0.717, 1.165) is 17.0 Å². The molecule has 4 amide bonds. The lowest BCUT2D eigenvalue weighted by molar-refractivity contribution is -0.274. The highest BCUT2D eigenvalue weighted by atomic mass is 19.4. The number of nitrogens with zero attached hydrogens (tertiary/aromatic N) is 2. The molecule has 0 bridgehead atoms. The summed E-state index contributed by atoms with van der Waals surface area (Å²) in [5.41, 5.74) is -1.23. The number of amides is 4. The number of alkyl halides is 3. The predicted molar refractivity (Wildman–Crippen MR) is 95.2 cm³/mol. The maximum Gasteiger partial charge on any atom is 0.573 e. The highest BCUT2D eigenvalue weighted by Crippen LogP contribution is 2.31. The molecule has 1 unspecified atom stereocenters. The fraction of sp³-hybridized carbons (Fsp3) is 0.333. The third kappa shape index (κ3) is 4.53. The standard InChI is InChI=1S/C18H17F3N4O5/c1-10-9-13(24-30-10)22-14(26)7-8-25-15(27)17(2,23-16(25)28)11-3-5-12(6-4-11)29-18(19,20)21/h3-6,9H,7-8H2,1-2H3,(H,23,28)(H,22,24,26). The Morgan fingerprint density at radius 3 is 2.53 bits per heavy atom. The summed E-state index contributed by atoms with van der Waals surface area (Å²) in [4.78, 5) is 37.9. The summed E-state index contributed by atoms with van der Waals surface area (Å²) in [5, 5.41) is 8.59. The molecule has 2 heterocycles. The molecule has 2 N–H and O–H groups in total. The summed E-state index contributed by atoms with van der Waals surface area (Å²) in [6.45, 7) is 2.88. The third-order valence-electron chi connectivity index (χ3n) is 4.40. The van der Waals surface area contributed by atoms with Crippen molar-refractivity contribution in [3.8, 4) is 5.75 Å². The number of hydrogen-bond acceptors (Lipinski definition) is 6. The fourth-order valence-corrected chi connectivity index (χ4v) is 2.93. The number of halogens is 3. The molecular formula is C18H17F3N4O5. The van der Waals surface area contributed by atoms with E-state index < -0.39 is 35.5 Å². The molecule has 1 saturated heterocycles. The number of benzene rings is 1. The van der Waals surface area contributed by atoms with Crippen molar-refractivity contribution in [1.29, 1.82) is 0 Å². The fourth-order valence-electron chi connectivity index (χ4n) is 2.93. The molecule has 9 nitrogen and oxygen atoms in total. The lowest BCUT2D eigenvalue weighted by atomic mass is 9.92. The number of urea groups is 1. The lowest BCUT2D eigenvalue weighted by Crippen LogP contribution is -2.41. The monoisotopic (exact) mass is 426 g/mol. The number of ether oxygens (including phenoxy) is 1. The van der Waals surface area contributed by atoms with Crippen LogP contribution in [0, 0.1) is 6.92 Å². The van der Waals surface area contributed by atoms with Gasteiger partial charge in [-0.15, -0.1) is 13.2 Å². The predicted octanol–water partition coefficient (Wildman–Crippen LogP) is 2.68. The molecule has 1 aliphatic rings. The van der Waals surface area contributed by atoms with Crippen molar-refractivity contribution in [2.45, 2.75) is 32.2 Å². The van der Waals surface area contributed by atoms with Crippen molar-refractivity contribution in [3.63, 3.8) is 0 Å². The Morgan fingerprint density at radius 2 is 1.97 bits per heavy atom. The summed E-state index contributed by atoms with van der Waals surface area (Å²) in [5.74, 6) is -0.862. The summed E-state index contributed by atoms with van der Waals surface area (Å²) in [7, 11) is 0. The summed E-state index contributed by atoms with van der Waals surface area (Å²) >= 11 is 0. The van der Waals surface area contributed by atoms with E-state index in [-0.39, 0.29) is 24.3 Å². The van der Waals surface area contributed by atoms with Crippen molar-refractivity contribution in [1.82, 2.24) is 15.4 Å². The molecule has 1 aromatic carbocycles. The van der Waals surface area contributed by atoms with Gasteiger partial charge in [0, 0.05) is 19.0 Å². The Morgan fingerprint density at radius 1 is 1.30 bits per heavy atom. The van der Waals surface area contributed by atoms with E-state index in [1.165, 1.54) is 25.1 Å². The van der Waals surface area contributed by atoms with E-state index in [9.17, 15) is 27.6 Å². The molecule has 1 fully saturated rings. The van der Waals surface area contributed by atoms with Crippen LogP contribution in [0.15, 0.2) is 34.9 Å². The van der Waals surface area contributed by atoms with Crippen LogP contribution in [0.5, 0.6) is 5.75 Å². The van der Waals surface area contributed by atoms with Gasteiger partial charge in [0.05, 0.1) is 0 Å². The van der Waals surface area contributed by atoms with E-state index in [0.29, 0.717) is 5.76 Å². The molecule has 2 aromatic rings. The summed E-state index contributed by atoms with van der Waals surface area (Å²) < 4.78 is 45.5. The molecule has 0 spiro atoms. The van der Waals surface area contributed by atoms with E-state index >= 15 is 0 Å². The molecule has 0 aliphatic carbocycles. The van der Waals surface area contributed by atoms with Gasteiger partial charge in [-0.2, -0.15) is 0 Å². The molecule has 1 aliphatic heterocycles. The van der Waals surface area contributed by atoms with Gasteiger partial charge in [0.2, 0.25) is 5.91 Å². The second-order valence-corrected chi connectivity index (χ2v) is 6.71. The van der Waals surface area contributed by atoms with Crippen molar-refractivity contribution in [2.24, 2.45) is 0 Å². The molecule has 0 radical (unpaired) electrons. The first-order valence-electron chi connectivity index (χ1n) is 8.71. The number of aromatic nitrogens is 1. The van der Waals surface area contributed by atoms with Crippen molar-refractivity contribution in [3.05, 3.63) is 41.7 Å². The van der Waals surface area contributed by atoms with Crippen LogP contribution in [0.1, 0.15) is 24.7 Å². The van der Waals surface area contributed by atoms with Crippen molar-refractivity contribution < 1.29 is 36.8 Å². The van der Waals surface area contributed by atoms with Crippen LogP contribution in [0.4, 0.5) is 23.8 Å². The summed E-state index contributed by atoms with van der Waals surface area (Å²) in [6.07, 6.45) is -5.02. The van der Waals surface area contributed by atoms with Gasteiger partial charge in [0.1, 0.15) is 17.0 Å². The van der Waals surface area contributed by atoms with E-state index in [2.05, 4.69) is 20.5 Å². The van der Waals surface area contributed by atoms with Gasteiger partial charge in [-0.3, -0.25) is 14.5 Å². The normalized spacial score (nSPS) is 19.0. The second kappa shape index (κ2) is 7.69. The molecular weight excluding hydrogens is 409 g/mol. The van der Waals surface area contributed by atoms with Crippen LogP contribution in [-0.4, -0.2) is 40.8 Å². The van der Waals surface area contributed by atoms with Crippen LogP contribution in [-0.2, 0) is 15.1 Å². The molecule has 30 heavy (non-hydrogen) atoms. The minimum atomic E-state index is -4.84.